The largest absolute Gasteiger partial charge is 0.330 e. The Labute approximate surface area is 78.9 Å². The van der Waals surface area contributed by atoms with Crippen LogP contribution in [0, 0.1) is 6.92 Å². The Balaban J connectivity index is 2.33. The molecule has 1 aromatic heterocycles. The number of aryl methyl sites for hydroxylation is 2. The highest BCUT2D eigenvalue weighted by atomic mass is 15.3. The van der Waals surface area contributed by atoms with Crippen LogP contribution >= 0.6 is 0 Å². The summed E-state index contributed by atoms with van der Waals surface area (Å²) in [6.07, 6.45) is 3.72. The van der Waals surface area contributed by atoms with E-state index in [-0.39, 0.29) is 5.41 Å². The summed E-state index contributed by atoms with van der Waals surface area (Å²) >= 11 is 0. The molecule has 1 saturated carbocycles. The van der Waals surface area contributed by atoms with Crippen molar-refractivity contribution >= 4 is 0 Å². The van der Waals surface area contributed by atoms with Gasteiger partial charge in [-0.05, 0) is 25.8 Å². The highest BCUT2D eigenvalue weighted by Gasteiger charge is 2.39. The van der Waals surface area contributed by atoms with Crippen molar-refractivity contribution in [1.82, 2.24) is 9.78 Å². The maximum atomic E-state index is 5.81. The van der Waals surface area contributed by atoms with E-state index in [1.54, 1.807) is 0 Å². The second kappa shape index (κ2) is 2.84. The van der Waals surface area contributed by atoms with Crippen molar-refractivity contribution < 1.29 is 0 Å². The fourth-order valence-corrected chi connectivity index (χ4v) is 1.99. The first kappa shape index (κ1) is 8.75. The molecule has 0 aromatic carbocycles. The fraction of sp³-hybridized carbons (Fsp3) is 0.700. The van der Waals surface area contributed by atoms with Gasteiger partial charge in [-0.1, -0.05) is 6.42 Å². The Morgan fingerprint density at radius 1 is 1.62 bits per heavy atom. The molecule has 0 amide bonds. The van der Waals surface area contributed by atoms with Crippen molar-refractivity contribution in [2.24, 2.45) is 12.8 Å². The van der Waals surface area contributed by atoms with E-state index in [9.17, 15) is 0 Å². The minimum Gasteiger partial charge on any atom is -0.330 e. The molecule has 0 aliphatic heterocycles. The third-order valence-corrected chi connectivity index (χ3v) is 3.36. The van der Waals surface area contributed by atoms with Gasteiger partial charge in [0.25, 0.3) is 0 Å². The van der Waals surface area contributed by atoms with E-state index in [1.165, 1.54) is 30.7 Å². The van der Waals surface area contributed by atoms with Gasteiger partial charge in [0.15, 0.2) is 0 Å². The van der Waals surface area contributed by atoms with Crippen LogP contribution in [0.3, 0.4) is 0 Å². The van der Waals surface area contributed by atoms with Gasteiger partial charge in [0, 0.05) is 24.7 Å². The van der Waals surface area contributed by atoms with Crippen LogP contribution in [-0.2, 0) is 12.5 Å². The summed E-state index contributed by atoms with van der Waals surface area (Å²) in [6, 6.07) is 2.17. The summed E-state index contributed by atoms with van der Waals surface area (Å²) in [7, 11) is 1.99. The zero-order valence-corrected chi connectivity index (χ0v) is 8.38. The average Bonchev–Trinajstić information content (AvgIpc) is 2.31. The third-order valence-electron chi connectivity index (χ3n) is 3.36. The van der Waals surface area contributed by atoms with Crippen LogP contribution in [0.4, 0.5) is 0 Å². The first-order valence-electron chi connectivity index (χ1n) is 4.89. The Kier molecular flexibility index (Phi) is 1.91. The predicted molar refractivity (Wildman–Crippen MR) is 52.5 cm³/mol. The minimum atomic E-state index is 0.214. The number of nitrogens with zero attached hydrogens (tertiary/aromatic N) is 2. The standard InChI is InChI=1S/C10H17N3/c1-8-6-9(12-13(8)2)10(7-11)4-3-5-10/h6H,3-5,7,11H2,1-2H3. The molecule has 1 aromatic rings. The number of hydrogen-bond donors (Lipinski definition) is 1. The molecule has 0 bridgehead atoms. The van der Waals surface area contributed by atoms with Crippen LogP contribution < -0.4 is 5.73 Å². The van der Waals surface area contributed by atoms with Gasteiger partial charge in [0.2, 0.25) is 0 Å². The lowest BCUT2D eigenvalue weighted by Gasteiger charge is -2.39. The molecule has 1 aliphatic carbocycles. The lowest BCUT2D eigenvalue weighted by molar-refractivity contribution is 0.244. The average molecular weight is 179 g/mol. The second-order valence-electron chi connectivity index (χ2n) is 4.13. The predicted octanol–water partition coefficient (Wildman–Crippen LogP) is 1.11. The van der Waals surface area contributed by atoms with Gasteiger partial charge in [0.1, 0.15) is 0 Å². The number of aromatic nitrogens is 2. The molecule has 3 heteroatoms. The van der Waals surface area contributed by atoms with Crippen molar-refractivity contribution in [3.05, 3.63) is 17.5 Å². The summed E-state index contributed by atoms with van der Waals surface area (Å²) in [5.41, 5.74) is 8.44. The smallest absolute Gasteiger partial charge is 0.0701 e. The SMILES string of the molecule is Cc1cc(C2(CN)CCC2)nn1C. The molecule has 2 rings (SSSR count). The fourth-order valence-electron chi connectivity index (χ4n) is 1.99. The molecule has 0 radical (unpaired) electrons. The van der Waals surface area contributed by atoms with Crippen molar-refractivity contribution in [3.63, 3.8) is 0 Å². The van der Waals surface area contributed by atoms with Crippen LogP contribution in [0.2, 0.25) is 0 Å². The molecule has 72 valence electrons. The summed E-state index contributed by atoms with van der Waals surface area (Å²) in [5, 5.41) is 4.51. The minimum absolute atomic E-state index is 0.214. The van der Waals surface area contributed by atoms with E-state index in [2.05, 4.69) is 18.1 Å². The zero-order valence-electron chi connectivity index (χ0n) is 8.38. The second-order valence-corrected chi connectivity index (χ2v) is 4.13. The Morgan fingerprint density at radius 3 is 2.62 bits per heavy atom. The quantitative estimate of drug-likeness (QED) is 0.739. The summed E-state index contributed by atoms with van der Waals surface area (Å²) in [6.45, 7) is 2.82. The van der Waals surface area contributed by atoms with Crippen molar-refractivity contribution in [1.29, 1.82) is 0 Å². The van der Waals surface area contributed by atoms with Gasteiger partial charge in [0.05, 0.1) is 5.69 Å². The third kappa shape index (κ3) is 1.18. The molecular weight excluding hydrogens is 162 g/mol. The zero-order chi connectivity index (χ0) is 9.47. The van der Waals surface area contributed by atoms with E-state index >= 15 is 0 Å². The topological polar surface area (TPSA) is 43.8 Å². The van der Waals surface area contributed by atoms with E-state index in [0.29, 0.717) is 0 Å². The van der Waals surface area contributed by atoms with Gasteiger partial charge < -0.3 is 5.73 Å². The maximum Gasteiger partial charge on any atom is 0.0701 e. The lowest BCUT2D eigenvalue weighted by Crippen LogP contribution is -2.41. The number of rotatable bonds is 2. The molecule has 0 atom stereocenters. The van der Waals surface area contributed by atoms with Gasteiger partial charge in [-0.2, -0.15) is 5.10 Å². The summed E-state index contributed by atoms with van der Waals surface area (Å²) < 4.78 is 1.94. The van der Waals surface area contributed by atoms with Gasteiger partial charge >= 0.3 is 0 Å². The van der Waals surface area contributed by atoms with E-state index in [1.807, 2.05) is 11.7 Å². The molecule has 2 N–H and O–H groups in total. The summed E-state index contributed by atoms with van der Waals surface area (Å²) in [4.78, 5) is 0. The highest BCUT2D eigenvalue weighted by molar-refractivity contribution is 5.23. The van der Waals surface area contributed by atoms with Crippen LogP contribution in [0.1, 0.15) is 30.7 Å². The van der Waals surface area contributed by atoms with Crippen molar-refractivity contribution in [2.75, 3.05) is 6.54 Å². The monoisotopic (exact) mass is 179 g/mol. The molecule has 1 heterocycles. The first-order chi connectivity index (χ1) is 6.18. The Morgan fingerprint density at radius 2 is 2.31 bits per heavy atom. The summed E-state index contributed by atoms with van der Waals surface area (Å²) in [5.74, 6) is 0. The van der Waals surface area contributed by atoms with Gasteiger partial charge in [-0.15, -0.1) is 0 Å². The van der Waals surface area contributed by atoms with Crippen molar-refractivity contribution in [3.8, 4) is 0 Å². The number of hydrogen-bond acceptors (Lipinski definition) is 2. The number of nitrogens with two attached hydrogens (primary N) is 1. The molecule has 13 heavy (non-hydrogen) atoms. The molecule has 0 spiro atoms. The molecule has 0 saturated heterocycles. The molecular formula is C10H17N3. The van der Waals surface area contributed by atoms with Gasteiger partial charge in [-0.25, -0.2) is 0 Å². The van der Waals surface area contributed by atoms with Crippen molar-refractivity contribution in [2.45, 2.75) is 31.6 Å². The Hall–Kier alpha value is -0.830. The van der Waals surface area contributed by atoms with E-state index in [4.69, 9.17) is 5.73 Å². The van der Waals surface area contributed by atoms with Crippen LogP contribution in [0.25, 0.3) is 0 Å². The highest BCUT2D eigenvalue weighted by Crippen LogP contribution is 2.42. The van der Waals surface area contributed by atoms with E-state index < -0.39 is 0 Å². The lowest BCUT2D eigenvalue weighted by atomic mass is 9.67. The molecule has 1 fully saturated rings. The normalized spacial score (nSPS) is 19.9. The van der Waals surface area contributed by atoms with Crippen LogP contribution in [0.15, 0.2) is 6.07 Å². The molecule has 3 nitrogen and oxygen atoms in total. The van der Waals surface area contributed by atoms with Gasteiger partial charge in [-0.3, -0.25) is 4.68 Å². The maximum absolute atomic E-state index is 5.81. The molecule has 1 aliphatic rings. The van der Waals surface area contributed by atoms with Crippen LogP contribution in [-0.4, -0.2) is 16.3 Å². The first-order valence-corrected chi connectivity index (χ1v) is 4.89. The Bertz CT molecular complexity index is 285. The molecule has 0 unspecified atom stereocenters. The van der Waals surface area contributed by atoms with Crippen LogP contribution in [0.5, 0.6) is 0 Å². The van der Waals surface area contributed by atoms with E-state index in [0.717, 1.165) is 6.54 Å².